The van der Waals surface area contributed by atoms with Crippen LogP contribution in [0.2, 0.25) is 0 Å². The van der Waals surface area contributed by atoms with E-state index < -0.39 is 0 Å². The van der Waals surface area contributed by atoms with Crippen LogP contribution in [0, 0.1) is 11.8 Å². The molecule has 2 aliphatic heterocycles. The number of fused-ring (bicyclic) bond motifs is 1. The third-order valence-electron chi connectivity index (χ3n) is 4.81. The fourth-order valence-electron chi connectivity index (χ4n) is 3.77. The smallest absolute Gasteiger partial charge is 0.223 e. The molecule has 3 rings (SSSR count). The fraction of sp³-hybridized carbons (Fsp3) is 0.625. The van der Waals surface area contributed by atoms with E-state index in [2.05, 4.69) is 22.1 Å². The Kier molecular flexibility index (Phi) is 4.01. The summed E-state index contributed by atoms with van der Waals surface area (Å²) in [6.45, 7) is 5.30. The van der Waals surface area contributed by atoms with Crippen LogP contribution < -0.4 is 5.32 Å². The first-order chi connectivity index (χ1) is 9.79. The van der Waals surface area contributed by atoms with E-state index in [9.17, 15) is 4.79 Å². The van der Waals surface area contributed by atoms with Crippen LogP contribution >= 0.6 is 0 Å². The molecule has 0 aromatic carbocycles. The lowest BCUT2D eigenvalue weighted by Crippen LogP contribution is -2.39. The Labute approximate surface area is 120 Å². The van der Waals surface area contributed by atoms with Crippen LogP contribution in [0.15, 0.2) is 24.5 Å². The second kappa shape index (κ2) is 5.92. The molecule has 2 saturated heterocycles. The van der Waals surface area contributed by atoms with Gasteiger partial charge in [-0.2, -0.15) is 0 Å². The van der Waals surface area contributed by atoms with Gasteiger partial charge in [-0.15, -0.1) is 0 Å². The zero-order valence-corrected chi connectivity index (χ0v) is 12.1. The number of carbonyl (C=O) groups excluding carboxylic acids is 1. The van der Waals surface area contributed by atoms with E-state index >= 15 is 0 Å². The highest BCUT2D eigenvalue weighted by atomic mass is 16.2. The van der Waals surface area contributed by atoms with Crippen LogP contribution in [-0.4, -0.2) is 41.5 Å². The van der Waals surface area contributed by atoms with Gasteiger partial charge in [0.25, 0.3) is 0 Å². The average molecular weight is 273 g/mol. The van der Waals surface area contributed by atoms with Crippen LogP contribution in [-0.2, 0) is 11.2 Å². The first-order valence-corrected chi connectivity index (χ1v) is 7.68. The summed E-state index contributed by atoms with van der Waals surface area (Å²) in [5.41, 5.74) is 1.15. The third-order valence-corrected chi connectivity index (χ3v) is 4.81. The van der Waals surface area contributed by atoms with Crippen molar-refractivity contribution in [3.8, 4) is 0 Å². The van der Waals surface area contributed by atoms with Crippen LogP contribution in [0.3, 0.4) is 0 Å². The van der Waals surface area contributed by atoms with Crippen molar-refractivity contribution >= 4 is 5.91 Å². The largest absolute Gasteiger partial charge is 0.339 e. The maximum Gasteiger partial charge on any atom is 0.223 e. The van der Waals surface area contributed by atoms with Gasteiger partial charge in [-0.25, -0.2) is 0 Å². The molecule has 0 saturated carbocycles. The van der Waals surface area contributed by atoms with Crippen molar-refractivity contribution in [3.63, 3.8) is 0 Å². The van der Waals surface area contributed by atoms with Crippen molar-refractivity contribution < 1.29 is 4.79 Å². The van der Waals surface area contributed by atoms with Crippen molar-refractivity contribution in [1.29, 1.82) is 0 Å². The number of aromatic nitrogens is 1. The van der Waals surface area contributed by atoms with Gasteiger partial charge in [0.1, 0.15) is 0 Å². The normalized spacial score (nSPS) is 28.6. The molecule has 0 radical (unpaired) electrons. The van der Waals surface area contributed by atoms with Crippen LogP contribution in [0.1, 0.15) is 25.3 Å². The highest BCUT2D eigenvalue weighted by Gasteiger charge is 2.44. The van der Waals surface area contributed by atoms with Gasteiger partial charge < -0.3 is 10.2 Å². The molecular formula is C16H23N3O. The number of amides is 1. The number of carbonyl (C=O) groups is 1. The molecule has 2 aliphatic rings. The van der Waals surface area contributed by atoms with Gasteiger partial charge in [-0.05, 0) is 36.3 Å². The molecule has 0 spiro atoms. The molecule has 4 nitrogen and oxygen atoms in total. The topological polar surface area (TPSA) is 45.2 Å². The van der Waals surface area contributed by atoms with E-state index in [4.69, 9.17) is 0 Å². The first-order valence-electron chi connectivity index (χ1n) is 7.68. The Morgan fingerprint density at radius 1 is 1.50 bits per heavy atom. The minimum absolute atomic E-state index is 0.315. The Balaban J connectivity index is 1.59. The van der Waals surface area contributed by atoms with E-state index in [-0.39, 0.29) is 0 Å². The highest BCUT2D eigenvalue weighted by Crippen LogP contribution is 2.34. The zero-order valence-electron chi connectivity index (χ0n) is 12.1. The van der Waals surface area contributed by atoms with Crippen molar-refractivity contribution in [2.75, 3.05) is 19.6 Å². The monoisotopic (exact) mass is 273 g/mol. The van der Waals surface area contributed by atoms with Gasteiger partial charge >= 0.3 is 0 Å². The van der Waals surface area contributed by atoms with Gasteiger partial charge in [0, 0.05) is 44.5 Å². The standard InChI is InChI=1S/C16H23N3O/c1-2-15-14-10-18-9-13(14)11-19(15)16(20)6-5-12-4-3-7-17-8-12/h3-4,7-8,13-15,18H,2,5-6,9-11H2,1H3. The number of likely N-dealkylation sites (tertiary alicyclic amines) is 1. The van der Waals surface area contributed by atoms with Crippen LogP contribution in [0.4, 0.5) is 0 Å². The summed E-state index contributed by atoms with van der Waals surface area (Å²) in [6, 6.07) is 4.41. The van der Waals surface area contributed by atoms with Crippen molar-refractivity contribution in [1.82, 2.24) is 15.2 Å². The Morgan fingerprint density at radius 3 is 3.15 bits per heavy atom. The van der Waals surface area contributed by atoms with E-state index in [1.807, 2.05) is 18.3 Å². The SMILES string of the molecule is CCC1C2CNCC2CN1C(=O)CCc1cccnc1. The second-order valence-corrected chi connectivity index (χ2v) is 5.97. The van der Waals surface area contributed by atoms with Crippen LogP contribution in [0.5, 0.6) is 0 Å². The van der Waals surface area contributed by atoms with Gasteiger partial charge in [0.05, 0.1) is 0 Å². The number of nitrogens with one attached hydrogen (secondary N) is 1. The molecule has 1 aromatic rings. The maximum absolute atomic E-state index is 12.5. The molecule has 2 fully saturated rings. The predicted octanol–water partition coefficient (Wildman–Crippen LogP) is 1.47. The van der Waals surface area contributed by atoms with Gasteiger partial charge in [0.2, 0.25) is 5.91 Å². The van der Waals surface area contributed by atoms with Gasteiger partial charge in [-0.1, -0.05) is 13.0 Å². The van der Waals surface area contributed by atoms with E-state index in [0.717, 1.165) is 38.0 Å². The lowest BCUT2D eigenvalue weighted by molar-refractivity contribution is -0.132. The molecular weight excluding hydrogens is 250 g/mol. The molecule has 0 bridgehead atoms. The maximum atomic E-state index is 12.5. The molecule has 3 heterocycles. The van der Waals surface area contributed by atoms with Crippen molar-refractivity contribution in [2.45, 2.75) is 32.2 Å². The molecule has 3 unspecified atom stereocenters. The number of pyridine rings is 1. The number of rotatable bonds is 4. The molecule has 1 N–H and O–H groups in total. The zero-order chi connectivity index (χ0) is 13.9. The molecule has 20 heavy (non-hydrogen) atoms. The van der Waals surface area contributed by atoms with E-state index in [1.165, 1.54) is 0 Å². The minimum atomic E-state index is 0.315. The number of nitrogens with zero attached hydrogens (tertiary/aromatic N) is 2. The quantitative estimate of drug-likeness (QED) is 0.903. The predicted molar refractivity (Wildman–Crippen MR) is 78.2 cm³/mol. The molecule has 1 amide bonds. The summed E-state index contributed by atoms with van der Waals surface area (Å²) in [5.74, 6) is 1.65. The average Bonchev–Trinajstić information content (AvgIpc) is 3.06. The van der Waals surface area contributed by atoms with Crippen molar-refractivity contribution in [3.05, 3.63) is 30.1 Å². The summed E-state index contributed by atoms with van der Waals surface area (Å²) < 4.78 is 0. The summed E-state index contributed by atoms with van der Waals surface area (Å²) >= 11 is 0. The summed E-state index contributed by atoms with van der Waals surface area (Å²) in [6.07, 6.45) is 6.10. The van der Waals surface area contributed by atoms with Crippen molar-refractivity contribution in [2.24, 2.45) is 11.8 Å². The fourth-order valence-corrected chi connectivity index (χ4v) is 3.77. The van der Waals surface area contributed by atoms with Crippen LogP contribution in [0.25, 0.3) is 0 Å². The van der Waals surface area contributed by atoms with Gasteiger partial charge in [-0.3, -0.25) is 9.78 Å². The lowest BCUT2D eigenvalue weighted by atomic mass is 9.93. The molecule has 108 valence electrons. The minimum Gasteiger partial charge on any atom is -0.339 e. The molecule has 3 atom stereocenters. The van der Waals surface area contributed by atoms with E-state index in [0.29, 0.717) is 30.2 Å². The lowest BCUT2D eigenvalue weighted by Gasteiger charge is -2.27. The van der Waals surface area contributed by atoms with E-state index in [1.54, 1.807) is 6.20 Å². The number of hydrogen-bond acceptors (Lipinski definition) is 3. The molecule has 1 aromatic heterocycles. The number of hydrogen-bond donors (Lipinski definition) is 1. The molecule has 0 aliphatic carbocycles. The third kappa shape index (κ3) is 2.57. The first kappa shape index (κ1) is 13.6. The Morgan fingerprint density at radius 2 is 2.40 bits per heavy atom. The second-order valence-electron chi connectivity index (χ2n) is 5.97. The summed E-state index contributed by atoms with van der Waals surface area (Å²) in [7, 11) is 0. The Bertz CT molecular complexity index is 462. The van der Waals surface area contributed by atoms with Gasteiger partial charge in [0.15, 0.2) is 0 Å². The number of aryl methyl sites for hydroxylation is 1. The highest BCUT2D eigenvalue weighted by molar-refractivity contribution is 5.77. The summed E-state index contributed by atoms with van der Waals surface area (Å²) in [5, 5.41) is 3.46. The summed E-state index contributed by atoms with van der Waals surface area (Å²) in [4.78, 5) is 18.8. The Hall–Kier alpha value is -1.42. The molecule has 4 heteroatoms.